The van der Waals surface area contributed by atoms with Gasteiger partial charge in [0.2, 0.25) is 0 Å². The fourth-order valence-electron chi connectivity index (χ4n) is 3.66. The van der Waals surface area contributed by atoms with Gasteiger partial charge in [0.25, 0.3) is 5.95 Å². The van der Waals surface area contributed by atoms with Crippen LogP contribution < -0.4 is 21.3 Å². The lowest BCUT2D eigenvalue weighted by atomic mass is 10.2. The van der Waals surface area contributed by atoms with Crippen LogP contribution in [0.2, 0.25) is 0 Å². The molecule has 0 saturated heterocycles. The Morgan fingerprint density at radius 3 is 1.19 bits per heavy atom. The molecule has 0 fully saturated rings. The third-order valence-corrected chi connectivity index (χ3v) is 6.10. The maximum Gasteiger partial charge on any atom is 0.415 e. The average Bonchev–Trinajstić information content (AvgIpc) is 3.06. The molecule has 0 bridgehead atoms. The van der Waals surface area contributed by atoms with E-state index < -0.39 is 42.3 Å². The minimum absolute atomic E-state index is 0.0272. The van der Waals surface area contributed by atoms with E-state index in [2.05, 4.69) is 50.5 Å². The quantitative estimate of drug-likeness (QED) is 0.0296. The molecule has 16 nitrogen and oxygen atoms in total. The number of amides is 4. The number of ether oxygens (including phenoxy) is 6. The van der Waals surface area contributed by atoms with Crippen LogP contribution in [0.4, 0.5) is 19.2 Å². The Balaban J connectivity index is 3.44. The van der Waals surface area contributed by atoms with Crippen molar-refractivity contribution in [3.63, 3.8) is 0 Å². The van der Waals surface area contributed by atoms with E-state index in [1.54, 1.807) is 0 Å². The molecule has 16 heteroatoms. The summed E-state index contributed by atoms with van der Waals surface area (Å²) < 4.78 is 29.1. The zero-order valence-electron chi connectivity index (χ0n) is 27.8. The number of rotatable bonds is 28. The van der Waals surface area contributed by atoms with E-state index in [4.69, 9.17) is 18.9 Å². The Bertz CT molecular complexity index is 1010. The summed E-state index contributed by atoms with van der Waals surface area (Å²) in [6, 6.07) is 0. The molecule has 0 aromatic heterocycles. The smallest absolute Gasteiger partial charge is 0.415 e. The number of unbranched alkanes of at least 4 members (excludes halogenated alkanes) is 9. The minimum Gasteiger partial charge on any atom is -0.459 e. The second-order valence-corrected chi connectivity index (χ2v) is 10.1. The van der Waals surface area contributed by atoms with Crippen LogP contribution in [0.3, 0.4) is 0 Å². The van der Waals surface area contributed by atoms with Gasteiger partial charge in [0.1, 0.15) is 13.2 Å². The molecule has 0 aliphatic rings. The predicted molar refractivity (Wildman–Crippen MR) is 175 cm³/mol. The van der Waals surface area contributed by atoms with Crippen molar-refractivity contribution in [2.75, 3.05) is 52.6 Å². The fraction of sp³-hybridized carbons (Fsp3) is 0.625. The third kappa shape index (κ3) is 29.9. The van der Waals surface area contributed by atoms with Gasteiger partial charge in [-0.25, -0.2) is 28.8 Å². The summed E-state index contributed by atoms with van der Waals surface area (Å²) in [4.78, 5) is 68.4. The first kappa shape index (κ1) is 43.2. The van der Waals surface area contributed by atoms with Gasteiger partial charge in [-0.15, -0.1) is 0 Å². The van der Waals surface area contributed by atoms with Crippen molar-refractivity contribution in [3.8, 4) is 0 Å². The van der Waals surface area contributed by atoms with Gasteiger partial charge in [-0.2, -0.15) is 0 Å². The molecule has 0 aliphatic carbocycles. The lowest BCUT2D eigenvalue weighted by Gasteiger charge is -2.09. The first-order valence-electron chi connectivity index (χ1n) is 16.2. The number of hydrogen-bond donors (Lipinski definition) is 4. The molecule has 0 aliphatic heterocycles. The third-order valence-electron chi connectivity index (χ3n) is 6.10. The summed E-state index contributed by atoms with van der Waals surface area (Å²) in [5, 5.41) is 10.5. The molecule has 4 N–H and O–H groups in total. The minimum atomic E-state index is -0.774. The van der Waals surface area contributed by atoms with Gasteiger partial charge >= 0.3 is 36.3 Å². The summed E-state index contributed by atoms with van der Waals surface area (Å²) in [7, 11) is 0. The molecule has 0 unspecified atom stereocenters. The monoisotopic (exact) mass is 684 g/mol. The lowest BCUT2D eigenvalue weighted by molar-refractivity contribution is -0.139. The molecule has 0 spiro atoms. The van der Waals surface area contributed by atoms with Crippen molar-refractivity contribution in [3.05, 3.63) is 37.8 Å². The van der Waals surface area contributed by atoms with E-state index in [0.29, 0.717) is 58.7 Å². The van der Waals surface area contributed by atoms with Gasteiger partial charge in [-0.3, -0.25) is 0 Å². The standard InChI is InChI=1S/C32H52N4O12/c1-4-27(37)43-24-25-46-31(41)35-20-14-7-6-12-18-33-29(39)44-22-16-10-11-17-23-45-30(40)34-19-13-8-9-15-21-36-32(42)48-26(3)47-28(38)5-2/h4-5H,1-3,6-25H2,(H,33,39)(H,34,40)(H,35,41)(H,36,42). The van der Waals surface area contributed by atoms with Crippen LogP contribution in [-0.2, 0) is 38.0 Å². The maximum absolute atomic E-state index is 11.8. The molecule has 4 amide bonds. The topological polar surface area (TPSA) is 206 Å². The van der Waals surface area contributed by atoms with Crippen molar-refractivity contribution in [1.29, 1.82) is 0 Å². The second kappa shape index (κ2) is 30.9. The van der Waals surface area contributed by atoms with Gasteiger partial charge in [-0.05, 0) is 57.9 Å². The van der Waals surface area contributed by atoms with Gasteiger partial charge in [0.15, 0.2) is 0 Å². The molecular weight excluding hydrogens is 632 g/mol. The molecule has 0 aromatic rings. The van der Waals surface area contributed by atoms with Gasteiger partial charge in [0, 0.05) is 38.3 Å². The van der Waals surface area contributed by atoms with Crippen LogP contribution in [0.25, 0.3) is 0 Å². The normalized spacial score (nSPS) is 10.0. The van der Waals surface area contributed by atoms with Crippen LogP contribution in [0.5, 0.6) is 0 Å². The molecule has 48 heavy (non-hydrogen) atoms. The van der Waals surface area contributed by atoms with E-state index in [9.17, 15) is 28.8 Å². The van der Waals surface area contributed by atoms with E-state index in [-0.39, 0.29) is 13.2 Å². The maximum atomic E-state index is 11.8. The summed E-state index contributed by atoms with van der Waals surface area (Å²) >= 11 is 0. The highest BCUT2D eigenvalue weighted by molar-refractivity contribution is 5.82. The van der Waals surface area contributed by atoms with Crippen molar-refractivity contribution in [2.45, 2.75) is 77.0 Å². The number of carbonyl (C=O) groups excluding carboxylic acids is 6. The fourth-order valence-corrected chi connectivity index (χ4v) is 3.66. The second-order valence-electron chi connectivity index (χ2n) is 10.1. The van der Waals surface area contributed by atoms with Crippen molar-refractivity contribution in [1.82, 2.24) is 21.3 Å². The summed E-state index contributed by atoms with van der Waals surface area (Å²) in [5.74, 6) is -1.78. The molecule has 0 heterocycles. The van der Waals surface area contributed by atoms with Crippen LogP contribution >= 0.6 is 0 Å². The van der Waals surface area contributed by atoms with Crippen LogP contribution in [0.15, 0.2) is 37.8 Å². The molecule has 0 aromatic carbocycles. The molecule has 0 rings (SSSR count). The predicted octanol–water partition coefficient (Wildman–Crippen LogP) is 4.50. The zero-order chi connectivity index (χ0) is 35.7. The highest BCUT2D eigenvalue weighted by Crippen LogP contribution is 2.03. The number of hydrogen-bond acceptors (Lipinski definition) is 12. The summed E-state index contributed by atoms with van der Waals surface area (Å²) in [6.07, 6.45) is 9.26. The SMILES string of the molecule is C=CC(=O)OCCOC(=O)NCCCCCCNC(=O)OCCCCCCOC(=O)NCCCCCCNC(=O)OC(=C)OC(=O)C=C. The molecule has 0 radical (unpaired) electrons. The van der Waals surface area contributed by atoms with Crippen LogP contribution in [0.1, 0.15) is 77.0 Å². The van der Waals surface area contributed by atoms with Gasteiger partial charge in [0.05, 0.1) is 13.2 Å². The van der Waals surface area contributed by atoms with Crippen LogP contribution in [-0.4, -0.2) is 88.9 Å². The van der Waals surface area contributed by atoms with Crippen molar-refractivity contribution >= 4 is 36.3 Å². The van der Waals surface area contributed by atoms with Crippen molar-refractivity contribution in [2.24, 2.45) is 0 Å². The Morgan fingerprint density at radius 2 is 0.771 bits per heavy atom. The first-order valence-corrected chi connectivity index (χ1v) is 16.2. The van der Waals surface area contributed by atoms with E-state index in [1.165, 1.54) is 0 Å². The van der Waals surface area contributed by atoms with E-state index in [0.717, 1.165) is 69.9 Å². The highest BCUT2D eigenvalue weighted by Gasteiger charge is 2.08. The number of nitrogens with one attached hydrogen (secondary N) is 4. The summed E-state index contributed by atoms with van der Waals surface area (Å²) in [5.41, 5.74) is 0. The Labute approximate surface area is 282 Å². The van der Waals surface area contributed by atoms with Crippen LogP contribution in [0, 0.1) is 0 Å². The zero-order valence-corrected chi connectivity index (χ0v) is 27.8. The number of esters is 2. The van der Waals surface area contributed by atoms with Gasteiger partial charge < -0.3 is 49.7 Å². The van der Waals surface area contributed by atoms with Crippen molar-refractivity contribution < 1.29 is 57.2 Å². The summed E-state index contributed by atoms with van der Waals surface area (Å²) in [6.45, 7) is 12.2. The Morgan fingerprint density at radius 1 is 0.417 bits per heavy atom. The molecule has 0 atom stereocenters. The first-order chi connectivity index (χ1) is 23.2. The van der Waals surface area contributed by atoms with Gasteiger partial charge in [-0.1, -0.05) is 38.8 Å². The molecular formula is C32H52N4O12. The largest absolute Gasteiger partial charge is 0.459 e. The average molecular weight is 685 g/mol. The molecule has 0 saturated carbocycles. The Kier molecular flexibility index (Phi) is 27.8. The van der Waals surface area contributed by atoms with E-state index in [1.807, 2.05) is 0 Å². The number of carbonyl (C=O) groups is 6. The lowest BCUT2D eigenvalue weighted by Crippen LogP contribution is -2.27. The highest BCUT2D eigenvalue weighted by atomic mass is 16.7. The Hall–Kier alpha value is -4.76. The number of alkyl carbamates (subject to hydrolysis) is 4. The van der Waals surface area contributed by atoms with E-state index >= 15 is 0 Å². The molecule has 272 valence electrons.